The lowest BCUT2D eigenvalue weighted by Crippen LogP contribution is -2.25. The number of hydrogen-bond donors (Lipinski definition) is 2. The van der Waals surface area contributed by atoms with E-state index in [0.29, 0.717) is 25.8 Å². The first-order valence-corrected chi connectivity index (χ1v) is 6.51. The molecule has 0 amide bonds. The van der Waals surface area contributed by atoms with Crippen LogP contribution in [0.25, 0.3) is 0 Å². The van der Waals surface area contributed by atoms with Gasteiger partial charge in [-0.05, 0) is 30.9 Å². The number of ether oxygens (including phenoxy) is 1. The molecule has 0 spiro atoms. The predicted octanol–water partition coefficient (Wildman–Crippen LogP) is 2.64. The van der Waals surface area contributed by atoms with Crippen molar-refractivity contribution in [1.29, 1.82) is 0 Å². The lowest BCUT2D eigenvalue weighted by atomic mass is 10.0. The fourth-order valence-electron chi connectivity index (χ4n) is 2.13. The largest absolute Gasteiger partial charge is 0.478 e. The number of carboxylic acid groups (broad SMARTS) is 1. The first-order chi connectivity index (χ1) is 9.88. The molecule has 1 saturated heterocycles. The van der Waals surface area contributed by atoms with E-state index in [4.69, 9.17) is 9.84 Å². The predicted molar refractivity (Wildman–Crippen MR) is 68.2 cm³/mol. The second kappa shape index (κ2) is 6.30. The normalized spacial score (nSPS) is 19.3. The minimum atomic E-state index is -4.61. The minimum Gasteiger partial charge on any atom is -0.478 e. The number of alkyl halides is 3. The van der Waals surface area contributed by atoms with Crippen molar-refractivity contribution < 1.29 is 27.8 Å². The van der Waals surface area contributed by atoms with Crippen LogP contribution in [0.3, 0.4) is 0 Å². The molecule has 21 heavy (non-hydrogen) atoms. The Bertz CT molecular complexity index is 514. The molecule has 0 saturated carbocycles. The average molecular weight is 304 g/mol. The molecule has 8 heteroatoms. The van der Waals surface area contributed by atoms with Crippen molar-refractivity contribution in [2.75, 3.05) is 25.1 Å². The molecule has 1 aromatic heterocycles. The second-order valence-electron chi connectivity index (χ2n) is 4.86. The monoisotopic (exact) mass is 304 g/mol. The summed E-state index contributed by atoms with van der Waals surface area (Å²) >= 11 is 0. The van der Waals surface area contributed by atoms with Crippen LogP contribution in [0, 0.1) is 5.92 Å². The van der Waals surface area contributed by atoms with Crippen LogP contribution in [0.15, 0.2) is 12.1 Å². The van der Waals surface area contributed by atoms with E-state index in [1.165, 1.54) is 0 Å². The van der Waals surface area contributed by atoms with Gasteiger partial charge in [0.25, 0.3) is 0 Å². The van der Waals surface area contributed by atoms with Crippen LogP contribution in [0.1, 0.15) is 28.9 Å². The van der Waals surface area contributed by atoms with Crippen LogP contribution in [0.2, 0.25) is 0 Å². The maximum atomic E-state index is 12.6. The SMILES string of the molecule is O=C(O)c1ccc(C(F)(F)F)nc1NCC1CCCOC1. The summed E-state index contributed by atoms with van der Waals surface area (Å²) in [5.41, 5.74) is -1.39. The number of aromatic nitrogens is 1. The third-order valence-corrected chi connectivity index (χ3v) is 3.23. The number of nitrogens with zero attached hydrogens (tertiary/aromatic N) is 1. The molecule has 5 nitrogen and oxygen atoms in total. The number of hydrogen-bond acceptors (Lipinski definition) is 4. The number of carbonyl (C=O) groups is 1. The van der Waals surface area contributed by atoms with Gasteiger partial charge in [-0.1, -0.05) is 0 Å². The quantitative estimate of drug-likeness (QED) is 0.894. The molecule has 1 aliphatic rings. The highest BCUT2D eigenvalue weighted by Gasteiger charge is 2.33. The highest BCUT2D eigenvalue weighted by atomic mass is 19.4. The van der Waals surface area contributed by atoms with Gasteiger partial charge in [0.2, 0.25) is 0 Å². The van der Waals surface area contributed by atoms with Gasteiger partial charge in [-0.2, -0.15) is 13.2 Å². The molecule has 0 radical (unpaired) electrons. The van der Waals surface area contributed by atoms with Crippen LogP contribution in [0.5, 0.6) is 0 Å². The minimum absolute atomic E-state index is 0.136. The lowest BCUT2D eigenvalue weighted by Gasteiger charge is -2.23. The number of aromatic carboxylic acids is 1. The highest BCUT2D eigenvalue weighted by molar-refractivity contribution is 5.93. The van der Waals surface area contributed by atoms with Gasteiger partial charge in [0, 0.05) is 13.2 Å². The summed E-state index contributed by atoms with van der Waals surface area (Å²) in [5.74, 6) is -1.45. The van der Waals surface area contributed by atoms with E-state index in [-0.39, 0.29) is 17.3 Å². The number of carboxylic acids is 1. The Hall–Kier alpha value is -1.83. The summed E-state index contributed by atoms with van der Waals surface area (Å²) in [5, 5.41) is 11.7. The molecule has 1 atom stereocenters. The Morgan fingerprint density at radius 1 is 1.48 bits per heavy atom. The third kappa shape index (κ3) is 4.07. The Kier molecular flexibility index (Phi) is 4.66. The van der Waals surface area contributed by atoms with Crippen LogP contribution in [-0.4, -0.2) is 35.8 Å². The number of anilines is 1. The highest BCUT2D eigenvalue weighted by Crippen LogP contribution is 2.29. The van der Waals surface area contributed by atoms with Crippen LogP contribution in [-0.2, 0) is 10.9 Å². The first-order valence-electron chi connectivity index (χ1n) is 6.51. The van der Waals surface area contributed by atoms with Gasteiger partial charge < -0.3 is 15.2 Å². The van der Waals surface area contributed by atoms with E-state index < -0.39 is 17.8 Å². The van der Waals surface area contributed by atoms with E-state index in [1.807, 2.05) is 0 Å². The van der Waals surface area contributed by atoms with Gasteiger partial charge >= 0.3 is 12.1 Å². The molecule has 2 rings (SSSR count). The molecule has 0 aromatic carbocycles. The van der Waals surface area contributed by atoms with Crippen molar-refractivity contribution in [1.82, 2.24) is 4.98 Å². The number of nitrogens with one attached hydrogen (secondary N) is 1. The van der Waals surface area contributed by atoms with Gasteiger partial charge in [0.05, 0.1) is 6.61 Å². The first kappa shape index (κ1) is 15.6. The maximum absolute atomic E-state index is 12.6. The zero-order valence-corrected chi connectivity index (χ0v) is 11.1. The van der Waals surface area contributed by atoms with E-state index in [1.54, 1.807) is 0 Å². The topological polar surface area (TPSA) is 71.5 Å². The van der Waals surface area contributed by atoms with Crippen molar-refractivity contribution in [3.63, 3.8) is 0 Å². The molecular weight excluding hydrogens is 289 g/mol. The van der Waals surface area contributed by atoms with E-state index in [0.717, 1.165) is 18.9 Å². The van der Waals surface area contributed by atoms with Gasteiger partial charge in [0.1, 0.15) is 17.1 Å². The Morgan fingerprint density at radius 3 is 2.81 bits per heavy atom. The molecule has 1 aliphatic heterocycles. The fraction of sp³-hybridized carbons (Fsp3) is 0.538. The molecule has 1 fully saturated rings. The Labute approximate surface area is 119 Å². The third-order valence-electron chi connectivity index (χ3n) is 3.23. The molecule has 116 valence electrons. The van der Waals surface area contributed by atoms with E-state index in [2.05, 4.69) is 10.3 Å². The molecule has 0 bridgehead atoms. The summed E-state index contributed by atoms with van der Waals surface area (Å²) in [6, 6.07) is 1.58. The standard InChI is InChI=1S/C13H15F3N2O3/c14-13(15,16)10-4-3-9(12(19)20)11(18-10)17-6-8-2-1-5-21-7-8/h3-4,8H,1-2,5-7H2,(H,17,18)(H,19,20). The summed E-state index contributed by atoms with van der Waals surface area (Å²) in [6.07, 6.45) is -2.84. The summed E-state index contributed by atoms with van der Waals surface area (Å²) in [6.45, 7) is 1.52. The van der Waals surface area contributed by atoms with E-state index >= 15 is 0 Å². The van der Waals surface area contributed by atoms with Crippen molar-refractivity contribution in [3.05, 3.63) is 23.4 Å². The van der Waals surface area contributed by atoms with Crippen LogP contribution in [0.4, 0.5) is 19.0 Å². The smallest absolute Gasteiger partial charge is 0.433 e. The van der Waals surface area contributed by atoms with Crippen LogP contribution >= 0.6 is 0 Å². The second-order valence-corrected chi connectivity index (χ2v) is 4.86. The summed E-state index contributed by atoms with van der Waals surface area (Å²) in [4.78, 5) is 14.4. The molecule has 2 N–H and O–H groups in total. The molecule has 0 aliphatic carbocycles. The summed E-state index contributed by atoms with van der Waals surface area (Å²) < 4.78 is 43.2. The molecule has 1 unspecified atom stereocenters. The zero-order chi connectivity index (χ0) is 15.5. The maximum Gasteiger partial charge on any atom is 0.433 e. The number of rotatable bonds is 4. The van der Waals surface area contributed by atoms with Crippen LogP contribution < -0.4 is 5.32 Å². The van der Waals surface area contributed by atoms with Gasteiger partial charge in [0.15, 0.2) is 0 Å². The van der Waals surface area contributed by atoms with Crippen molar-refractivity contribution in [3.8, 4) is 0 Å². The molecule has 1 aromatic rings. The van der Waals surface area contributed by atoms with E-state index in [9.17, 15) is 18.0 Å². The number of pyridine rings is 1. The van der Waals surface area contributed by atoms with Gasteiger partial charge in [-0.3, -0.25) is 0 Å². The lowest BCUT2D eigenvalue weighted by molar-refractivity contribution is -0.141. The fourth-order valence-corrected chi connectivity index (χ4v) is 2.13. The van der Waals surface area contributed by atoms with Gasteiger partial charge in [-0.15, -0.1) is 0 Å². The Balaban J connectivity index is 2.16. The average Bonchev–Trinajstić information content (AvgIpc) is 2.45. The van der Waals surface area contributed by atoms with Crippen molar-refractivity contribution in [2.24, 2.45) is 5.92 Å². The zero-order valence-electron chi connectivity index (χ0n) is 11.1. The van der Waals surface area contributed by atoms with Gasteiger partial charge in [-0.25, -0.2) is 9.78 Å². The van der Waals surface area contributed by atoms with Crippen molar-refractivity contribution >= 4 is 11.8 Å². The molecule has 2 heterocycles. The van der Waals surface area contributed by atoms with Crippen molar-refractivity contribution in [2.45, 2.75) is 19.0 Å². The molecular formula is C13H15F3N2O3. The summed E-state index contributed by atoms with van der Waals surface area (Å²) in [7, 11) is 0. The Morgan fingerprint density at radius 2 is 2.24 bits per heavy atom. The number of halogens is 3.